The summed E-state index contributed by atoms with van der Waals surface area (Å²) in [4.78, 5) is 6.49. The lowest BCUT2D eigenvalue weighted by Crippen LogP contribution is -2.37. The largest absolute Gasteiger partial charge is 0.378 e. The van der Waals surface area contributed by atoms with E-state index in [0.717, 1.165) is 43.6 Å². The molecule has 2 rings (SSSR count). The third-order valence-corrected chi connectivity index (χ3v) is 2.37. The molecule has 0 N–H and O–H groups in total. The van der Waals surface area contributed by atoms with E-state index in [0.29, 0.717) is 0 Å². The van der Waals surface area contributed by atoms with E-state index in [1.165, 1.54) is 0 Å². The molecule has 1 aliphatic heterocycles. The van der Waals surface area contributed by atoms with Gasteiger partial charge >= 0.3 is 0 Å². The Labute approximate surface area is 83.1 Å². The SMILES string of the molecule is Cc1nnc(N2CCOCC2)nc1C. The number of morpholine rings is 1. The fourth-order valence-corrected chi connectivity index (χ4v) is 1.34. The maximum Gasteiger partial charge on any atom is 0.245 e. The van der Waals surface area contributed by atoms with Crippen molar-refractivity contribution in [2.45, 2.75) is 13.8 Å². The van der Waals surface area contributed by atoms with Gasteiger partial charge in [0.15, 0.2) is 0 Å². The molecule has 5 heteroatoms. The highest BCUT2D eigenvalue weighted by Crippen LogP contribution is 2.09. The average Bonchev–Trinajstić information content (AvgIpc) is 2.23. The number of nitrogens with zero attached hydrogens (tertiary/aromatic N) is 4. The highest BCUT2D eigenvalue weighted by molar-refractivity contribution is 5.30. The van der Waals surface area contributed by atoms with Gasteiger partial charge in [-0.3, -0.25) is 0 Å². The van der Waals surface area contributed by atoms with Crippen LogP contribution in [0.2, 0.25) is 0 Å². The zero-order chi connectivity index (χ0) is 9.97. The molecule has 1 aromatic rings. The van der Waals surface area contributed by atoms with Gasteiger partial charge in [-0.15, -0.1) is 5.10 Å². The van der Waals surface area contributed by atoms with Crippen LogP contribution in [-0.2, 0) is 4.74 Å². The van der Waals surface area contributed by atoms with Crippen molar-refractivity contribution in [3.8, 4) is 0 Å². The molecular weight excluding hydrogens is 180 g/mol. The molecule has 5 nitrogen and oxygen atoms in total. The Morgan fingerprint density at radius 3 is 2.43 bits per heavy atom. The molecule has 2 heterocycles. The smallest absolute Gasteiger partial charge is 0.245 e. The molecule has 0 radical (unpaired) electrons. The van der Waals surface area contributed by atoms with Crippen molar-refractivity contribution in [1.29, 1.82) is 0 Å². The second-order valence-corrected chi connectivity index (χ2v) is 3.38. The van der Waals surface area contributed by atoms with Crippen molar-refractivity contribution >= 4 is 5.95 Å². The third-order valence-electron chi connectivity index (χ3n) is 2.37. The number of hydrogen-bond acceptors (Lipinski definition) is 5. The normalized spacial score (nSPS) is 17.1. The van der Waals surface area contributed by atoms with E-state index in [-0.39, 0.29) is 0 Å². The lowest BCUT2D eigenvalue weighted by atomic mass is 10.4. The Balaban J connectivity index is 2.18. The molecule has 1 aromatic heterocycles. The van der Waals surface area contributed by atoms with E-state index >= 15 is 0 Å². The Hall–Kier alpha value is -1.23. The van der Waals surface area contributed by atoms with E-state index in [1.807, 2.05) is 13.8 Å². The van der Waals surface area contributed by atoms with Crippen LogP contribution in [0.25, 0.3) is 0 Å². The lowest BCUT2D eigenvalue weighted by molar-refractivity contribution is 0.122. The first-order valence-electron chi connectivity index (χ1n) is 4.78. The fourth-order valence-electron chi connectivity index (χ4n) is 1.34. The maximum atomic E-state index is 5.26. The first kappa shape index (κ1) is 9.33. The zero-order valence-corrected chi connectivity index (χ0v) is 8.53. The molecule has 14 heavy (non-hydrogen) atoms. The summed E-state index contributed by atoms with van der Waals surface area (Å²) < 4.78 is 5.26. The van der Waals surface area contributed by atoms with Crippen LogP contribution >= 0.6 is 0 Å². The Bertz CT molecular complexity index is 323. The van der Waals surface area contributed by atoms with Gasteiger partial charge in [0, 0.05) is 13.1 Å². The fraction of sp³-hybridized carbons (Fsp3) is 0.667. The van der Waals surface area contributed by atoms with Gasteiger partial charge in [-0.25, -0.2) is 4.98 Å². The maximum absolute atomic E-state index is 5.26. The summed E-state index contributed by atoms with van der Waals surface area (Å²) in [7, 11) is 0. The summed E-state index contributed by atoms with van der Waals surface area (Å²) in [6.45, 7) is 7.06. The number of rotatable bonds is 1. The van der Waals surface area contributed by atoms with Gasteiger partial charge in [0.05, 0.1) is 24.6 Å². The quantitative estimate of drug-likeness (QED) is 0.644. The topological polar surface area (TPSA) is 51.1 Å². The standard InChI is InChI=1S/C9H14N4O/c1-7-8(2)11-12-9(10-7)13-3-5-14-6-4-13/h3-6H2,1-2H3. The molecule has 76 valence electrons. The minimum Gasteiger partial charge on any atom is -0.378 e. The molecule has 0 amide bonds. The van der Waals surface area contributed by atoms with Crippen molar-refractivity contribution in [2.75, 3.05) is 31.2 Å². The number of ether oxygens (including phenoxy) is 1. The summed E-state index contributed by atoms with van der Waals surface area (Å²) in [6, 6.07) is 0. The van der Waals surface area contributed by atoms with Crippen LogP contribution in [0.4, 0.5) is 5.95 Å². The number of aryl methyl sites for hydroxylation is 2. The summed E-state index contributed by atoms with van der Waals surface area (Å²) >= 11 is 0. The van der Waals surface area contributed by atoms with E-state index in [9.17, 15) is 0 Å². The Morgan fingerprint density at radius 2 is 1.79 bits per heavy atom. The second-order valence-electron chi connectivity index (χ2n) is 3.38. The van der Waals surface area contributed by atoms with Crippen molar-refractivity contribution in [3.63, 3.8) is 0 Å². The van der Waals surface area contributed by atoms with E-state index < -0.39 is 0 Å². The third kappa shape index (κ3) is 1.82. The van der Waals surface area contributed by atoms with Crippen molar-refractivity contribution in [2.24, 2.45) is 0 Å². The molecule has 0 atom stereocenters. The highest BCUT2D eigenvalue weighted by Gasteiger charge is 2.14. The van der Waals surface area contributed by atoms with E-state index in [1.54, 1.807) is 0 Å². The van der Waals surface area contributed by atoms with Crippen LogP contribution in [-0.4, -0.2) is 41.5 Å². The minimum atomic E-state index is 0.719. The Morgan fingerprint density at radius 1 is 1.07 bits per heavy atom. The first-order valence-corrected chi connectivity index (χ1v) is 4.78. The van der Waals surface area contributed by atoms with Crippen LogP contribution < -0.4 is 4.90 Å². The van der Waals surface area contributed by atoms with Crippen molar-refractivity contribution < 1.29 is 4.74 Å². The van der Waals surface area contributed by atoms with Crippen LogP contribution in [0, 0.1) is 13.8 Å². The molecule has 1 saturated heterocycles. The predicted molar refractivity (Wildman–Crippen MR) is 52.3 cm³/mol. The van der Waals surface area contributed by atoms with Gasteiger partial charge in [0.25, 0.3) is 0 Å². The van der Waals surface area contributed by atoms with Gasteiger partial charge < -0.3 is 9.64 Å². The van der Waals surface area contributed by atoms with E-state index in [2.05, 4.69) is 20.1 Å². The molecular formula is C9H14N4O. The molecule has 0 aliphatic carbocycles. The number of anilines is 1. The predicted octanol–water partition coefficient (Wildman–Crippen LogP) is 0.325. The molecule has 0 saturated carbocycles. The Kier molecular flexibility index (Phi) is 2.58. The average molecular weight is 194 g/mol. The van der Waals surface area contributed by atoms with Gasteiger partial charge in [-0.2, -0.15) is 5.10 Å². The van der Waals surface area contributed by atoms with Crippen LogP contribution in [0.5, 0.6) is 0 Å². The van der Waals surface area contributed by atoms with Crippen molar-refractivity contribution in [1.82, 2.24) is 15.2 Å². The lowest BCUT2D eigenvalue weighted by Gasteiger charge is -2.26. The van der Waals surface area contributed by atoms with Crippen molar-refractivity contribution in [3.05, 3.63) is 11.4 Å². The monoisotopic (exact) mass is 194 g/mol. The van der Waals surface area contributed by atoms with Gasteiger partial charge in [0.2, 0.25) is 5.95 Å². The van der Waals surface area contributed by atoms with Gasteiger partial charge in [0.1, 0.15) is 0 Å². The molecule has 1 aliphatic rings. The summed E-state index contributed by atoms with van der Waals surface area (Å²) in [5.74, 6) is 0.719. The van der Waals surface area contributed by atoms with Crippen LogP contribution in [0.3, 0.4) is 0 Å². The molecule has 0 aromatic carbocycles. The summed E-state index contributed by atoms with van der Waals surface area (Å²) in [5.41, 5.74) is 1.84. The van der Waals surface area contributed by atoms with E-state index in [4.69, 9.17) is 4.74 Å². The second kappa shape index (κ2) is 3.88. The minimum absolute atomic E-state index is 0.719. The summed E-state index contributed by atoms with van der Waals surface area (Å²) in [5, 5.41) is 8.13. The molecule has 0 bridgehead atoms. The van der Waals surface area contributed by atoms with Gasteiger partial charge in [-0.1, -0.05) is 0 Å². The highest BCUT2D eigenvalue weighted by atomic mass is 16.5. The van der Waals surface area contributed by atoms with Gasteiger partial charge in [-0.05, 0) is 13.8 Å². The summed E-state index contributed by atoms with van der Waals surface area (Å²) in [6.07, 6.45) is 0. The van der Waals surface area contributed by atoms with Crippen LogP contribution in [0.1, 0.15) is 11.4 Å². The molecule has 0 unspecified atom stereocenters. The zero-order valence-electron chi connectivity index (χ0n) is 8.53. The molecule has 0 spiro atoms. The van der Waals surface area contributed by atoms with Crippen LogP contribution in [0.15, 0.2) is 0 Å². The molecule has 1 fully saturated rings. The number of hydrogen-bond donors (Lipinski definition) is 0. The number of aromatic nitrogens is 3. The first-order chi connectivity index (χ1) is 6.77.